The highest BCUT2D eigenvalue weighted by molar-refractivity contribution is 5.95. The lowest BCUT2D eigenvalue weighted by Crippen LogP contribution is -2.40. The predicted molar refractivity (Wildman–Crippen MR) is 90.3 cm³/mol. The Morgan fingerprint density at radius 3 is 2.79 bits per heavy atom. The van der Waals surface area contributed by atoms with Gasteiger partial charge in [0, 0.05) is 13.2 Å². The van der Waals surface area contributed by atoms with Gasteiger partial charge in [0.15, 0.2) is 0 Å². The lowest BCUT2D eigenvalue weighted by molar-refractivity contribution is 0.0492. The minimum Gasteiger partial charge on any atom is -0.492 e. The molecule has 1 aliphatic rings. The highest BCUT2D eigenvalue weighted by Gasteiger charge is 2.25. The molecular weight excluding hydrogens is 306 g/mol. The van der Waals surface area contributed by atoms with Crippen LogP contribution in [0, 0.1) is 6.92 Å². The van der Waals surface area contributed by atoms with Gasteiger partial charge in [-0.2, -0.15) is 0 Å². The SMILES string of the molecule is Cc1occc1C(=O)N(CCOc1ccccc1)CC1CCCO1. The number of hydrogen-bond donors (Lipinski definition) is 0. The average Bonchev–Trinajstić information content (AvgIpc) is 3.26. The summed E-state index contributed by atoms with van der Waals surface area (Å²) < 4.78 is 16.7. The van der Waals surface area contributed by atoms with E-state index in [9.17, 15) is 4.79 Å². The minimum atomic E-state index is -0.0339. The fraction of sp³-hybridized carbons (Fsp3) is 0.421. The van der Waals surface area contributed by atoms with E-state index in [2.05, 4.69) is 0 Å². The number of nitrogens with zero attached hydrogens (tertiary/aromatic N) is 1. The van der Waals surface area contributed by atoms with Crippen molar-refractivity contribution in [2.45, 2.75) is 25.9 Å². The fourth-order valence-corrected chi connectivity index (χ4v) is 2.88. The van der Waals surface area contributed by atoms with Gasteiger partial charge in [0.1, 0.15) is 18.1 Å². The summed E-state index contributed by atoms with van der Waals surface area (Å²) in [6, 6.07) is 11.3. The second kappa shape index (κ2) is 8.02. The Hall–Kier alpha value is -2.27. The first-order valence-corrected chi connectivity index (χ1v) is 8.37. The minimum absolute atomic E-state index is 0.0339. The third kappa shape index (κ3) is 4.17. The van der Waals surface area contributed by atoms with Gasteiger partial charge in [-0.15, -0.1) is 0 Å². The molecular formula is C19H23NO4. The van der Waals surface area contributed by atoms with Crippen molar-refractivity contribution >= 4 is 5.91 Å². The summed E-state index contributed by atoms with van der Waals surface area (Å²) in [5.41, 5.74) is 0.604. The summed E-state index contributed by atoms with van der Waals surface area (Å²) >= 11 is 0. The number of furan rings is 1. The number of amides is 1. The second-order valence-corrected chi connectivity index (χ2v) is 5.94. The number of carbonyl (C=O) groups excluding carboxylic acids is 1. The Balaban J connectivity index is 1.62. The predicted octanol–water partition coefficient (Wildman–Crippen LogP) is 3.29. The van der Waals surface area contributed by atoms with E-state index in [1.165, 1.54) is 0 Å². The topological polar surface area (TPSA) is 51.9 Å². The van der Waals surface area contributed by atoms with Crippen molar-refractivity contribution in [2.24, 2.45) is 0 Å². The van der Waals surface area contributed by atoms with Gasteiger partial charge in [0.25, 0.3) is 5.91 Å². The van der Waals surface area contributed by atoms with Crippen LogP contribution in [-0.2, 0) is 4.74 Å². The maximum absolute atomic E-state index is 12.8. The molecule has 1 aliphatic heterocycles. The van der Waals surface area contributed by atoms with Crippen LogP contribution in [0.3, 0.4) is 0 Å². The molecule has 1 aromatic carbocycles. The Labute approximate surface area is 142 Å². The summed E-state index contributed by atoms with van der Waals surface area (Å²) in [6.45, 7) is 4.12. The molecule has 0 aliphatic carbocycles. The average molecular weight is 329 g/mol. The van der Waals surface area contributed by atoms with Gasteiger partial charge in [0.2, 0.25) is 0 Å². The molecule has 24 heavy (non-hydrogen) atoms. The molecule has 0 spiro atoms. The van der Waals surface area contributed by atoms with E-state index in [-0.39, 0.29) is 12.0 Å². The maximum atomic E-state index is 12.8. The normalized spacial score (nSPS) is 17.0. The zero-order valence-corrected chi connectivity index (χ0v) is 13.9. The van der Waals surface area contributed by atoms with Crippen LogP contribution in [0.1, 0.15) is 29.0 Å². The molecule has 0 radical (unpaired) electrons. The summed E-state index contributed by atoms with van der Waals surface area (Å²) in [4.78, 5) is 14.6. The van der Waals surface area contributed by atoms with E-state index in [0.29, 0.717) is 31.0 Å². The molecule has 2 heterocycles. The Morgan fingerprint density at radius 2 is 2.12 bits per heavy atom. The van der Waals surface area contributed by atoms with Gasteiger partial charge in [-0.3, -0.25) is 4.79 Å². The second-order valence-electron chi connectivity index (χ2n) is 5.94. The molecule has 1 amide bonds. The largest absolute Gasteiger partial charge is 0.492 e. The van der Waals surface area contributed by atoms with Crippen molar-refractivity contribution in [1.29, 1.82) is 0 Å². The van der Waals surface area contributed by atoms with Crippen molar-refractivity contribution in [2.75, 3.05) is 26.3 Å². The third-order valence-corrected chi connectivity index (χ3v) is 4.20. The smallest absolute Gasteiger partial charge is 0.257 e. The van der Waals surface area contributed by atoms with Crippen molar-refractivity contribution in [3.8, 4) is 5.75 Å². The van der Waals surface area contributed by atoms with Crippen LogP contribution in [0.15, 0.2) is 47.1 Å². The number of carbonyl (C=O) groups is 1. The van der Waals surface area contributed by atoms with Gasteiger partial charge in [-0.1, -0.05) is 18.2 Å². The Bertz CT molecular complexity index is 646. The number of rotatable bonds is 7. The number of hydrogen-bond acceptors (Lipinski definition) is 4. The standard InChI is InChI=1S/C19H23NO4/c1-15-18(9-12-22-15)19(21)20(14-17-8-5-11-23-17)10-13-24-16-6-3-2-4-7-16/h2-4,6-7,9,12,17H,5,8,10-11,13-14H2,1H3. The first-order valence-electron chi connectivity index (χ1n) is 8.37. The van der Waals surface area contributed by atoms with Crippen LogP contribution in [0.5, 0.6) is 5.75 Å². The summed E-state index contributed by atoms with van der Waals surface area (Å²) in [7, 11) is 0. The number of ether oxygens (including phenoxy) is 2. The van der Waals surface area contributed by atoms with Crippen LogP contribution in [0.2, 0.25) is 0 Å². The quantitative estimate of drug-likeness (QED) is 0.782. The molecule has 0 bridgehead atoms. The number of para-hydroxylation sites is 1. The molecule has 3 rings (SSSR count). The van der Waals surface area contributed by atoms with E-state index in [0.717, 1.165) is 25.2 Å². The maximum Gasteiger partial charge on any atom is 0.257 e. The van der Waals surface area contributed by atoms with Gasteiger partial charge in [-0.25, -0.2) is 0 Å². The Kier molecular flexibility index (Phi) is 5.54. The fourth-order valence-electron chi connectivity index (χ4n) is 2.88. The molecule has 0 saturated carbocycles. The first kappa shape index (κ1) is 16.6. The van der Waals surface area contributed by atoms with Gasteiger partial charge >= 0.3 is 0 Å². The van der Waals surface area contributed by atoms with E-state index < -0.39 is 0 Å². The highest BCUT2D eigenvalue weighted by Crippen LogP contribution is 2.17. The van der Waals surface area contributed by atoms with E-state index in [1.807, 2.05) is 30.3 Å². The molecule has 1 unspecified atom stereocenters. The van der Waals surface area contributed by atoms with Crippen LogP contribution in [0.4, 0.5) is 0 Å². The summed E-state index contributed by atoms with van der Waals surface area (Å²) in [5, 5.41) is 0. The van der Waals surface area contributed by atoms with E-state index in [4.69, 9.17) is 13.9 Å². The van der Waals surface area contributed by atoms with Gasteiger partial charge in [0.05, 0.1) is 24.5 Å². The molecule has 1 saturated heterocycles. The molecule has 5 heteroatoms. The number of aryl methyl sites for hydroxylation is 1. The van der Waals surface area contributed by atoms with Crippen LogP contribution >= 0.6 is 0 Å². The highest BCUT2D eigenvalue weighted by atomic mass is 16.5. The van der Waals surface area contributed by atoms with Crippen LogP contribution in [0.25, 0.3) is 0 Å². The van der Waals surface area contributed by atoms with Crippen molar-refractivity contribution < 1.29 is 18.7 Å². The van der Waals surface area contributed by atoms with Crippen molar-refractivity contribution in [3.05, 3.63) is 54.0 Å². The molecule has 2 aromatic rings. The van der Waals surface area contributed by atoms with Crippen molar-refractivity contribution in [3.63, 3.8) is 0 Å². The zero-order chi connectivity index (χ0) is 16.8. The monoisotopic (exact) mass is 329 g/mol. The zero-order valence-electron chi connectivity index (χ0n) is 13.9. The molecule has 128 valence electrons. The number of benzene rings is 1. The summed E-state index contributed by atoms with van der Waals surface area (Å²) in [5.74, 6) is 1.41. The van der Waals surface area contributed by atoms with E-state index in [1.54, 1.807) is 24.2 Å². The van der Waals surface area contributed by atoms with Crippen LogP contribution in [-0.4, -0.2) is 43.2 Å². The van der Waals surface area contributed by atoms with Crippen molar-refractivity contribution in [1.82, 2.24) is 4.90 Å². The Morgan fingerprint density at radius 1 is 1.29 bits per heavy atom. The molecule has 0 N–H and O–H groups in total. The molecule has 1 aromatic heterocycles. The third-order valence-electron chi connectivity index (χ3n) is 4.20. The van der Waals surface area contributed by atoms with Crippen LogP contribution < -0.4 is 4.74 Å². The van der Waals surface area contributed by atoms with Gasteiger partial charge in [-0.05, 0) is 38.0 Å². The molecule has 1 atom stereocenters. The first-order chi connectivity index (χ1) is 11.7. The summed E-state index contributed by atoms with van der Waals surface area (Å²) in [6.07, 6.45) is 3.71. The van der Waals surface area contributed by atoms with Gasteiger partial charge < -0.3 is 18.8 Å². The molecule has 5 nitrogen and oxygen atoms in total. The lowest BCUT2D eigenvalue weighted by Gasteiger charge is -2.25. The van der Waals surface area contributed by atoms with E-state index >= 15 is 0 Å². The lowest BCUT2D eigenvalue weighted by atomic mass is 10.2. The molecule has 1 fully saturated rings.